The van der Waals surface area contributed by atoms with Gasteiger partial charge in [-0.05, 0) is 12.1 Å². The number of hydrogen-bond donors (Lipinski definition) is 2. The summed E-state index contributed by atoms with van der Waals surface area (Å²) >= 11 is 6.06. The van der Waals surface area contributed by atoms with Gasteiger partial charge in [0.1, 0.15) is 5.75 Å². The number of fused-ring (bicyclic) bond motifs is 1. The molecule has 2 atom stereocenters. The molecule has 1 amide bonds. The summed E-state index contributed by atoms with van der Waals surface area (Å²) in [5.74, 6) is -2.93. The summed E-state index contributed by atoms with van der Waals surface area (Å²) in [4.78, 5) is 34.6. The molecule has 7 heteroatoms. The highest BCUT2D eigenvalue weighted by atomic mass is 35.5. The maximum absolute atomic E-state index is 12.4. The first-order valence-electron chi connectivity index (χ1n) is 6.34. The molecule has 0 aromatic heterocycles. The number of aliphatic carboxylic acids is 1. The number of carbonyl (C=O) groups is 3. The fourth-order valence-electron chi connectivity index (χ4n) is 1.98. The van der Waals surface area contributed by atoms with Crippen LogP contribution in [0, 0.1) is 11.8 Å². The molecule has 112 valence electrons. The van der Waals surface area contributed by atoms with Crippen molar-refractivity contribution in [3.8, 4) is 5.75 Å². The van der Waals surface area contributed by atoms with Crippen molar-refractivity contribution in [2.75, 3.05) is 11.9 Å². The summed E-state index contributed by atoms with van der Waals surface area (Å²) in [6.07, 6.45) is 0. The van der Waals surface area contributed by atoms with Crippen molar-refractivity contribution in [2.45, 2.75) is 13.8 Å². The maximum atomic E-state index is 12.4. The Morgan fingerprint density at radius 3 is 2.62 bits per heavy atom. The van der Waals surface area contributed by atoms with Crippen LogP contribution in [0.15, 0.2) is 12.1 Å². The van der Waals surface area contributed by atoms with Crippen LogP contribution < -0.4 is 10.1 Å². The van der Waals surface area contributed by atoms with Gasteiger partial charge in [0.2, 0.25) is 0 Å². The van der Waals surface area contributed by atoms with Crippen LogP contribution in [0.2, 0.25) is 5.02 Å². The molecule has 1 aromatic rings. The molecule has 0 saturated carbocycles. The molecule has 0 aliphatic carbocycles. The fourth-order valence-corrected chi connectivity index (χ4v) is 2.23. The number of Topliss-reactive ketones (excluding diaryl/α,β-unsaturated/α-hetero) is 1. The standard InChI is InChI=1S/C14H14ClNO5/c1-6(7(2)14(19)20)13(18)8-3-11-10(4-9(8)15)16-12(17)5-21-11/h3-4,6-7H,5H2,1-2H3,(H,16,17)(H,19,20). The number of ketones is 1. The second-order valence-corrected chi connectivity index (χ2v) is 5.35. The normalized spacial score (nSPS) is 16.2. The second-order valence-electron chi connectivity index (χ2n) is 4.94. The average Bonchev–Trinajstić information content (AvgIpc) is 2.44. The van der Waals surface area contributed by atoms with Crippen molar-refractivity contribution in [3.05, 3.63) is 22.7 Å². The molecule has 2 unspecified atom stereocenters. The van der Waals surface area contributed by atoms with E-state index in [1.807, 2.05) is 0 Å². The van der Waals surface area contributed by atoms with Gasteiger partial charge in [-0.1, -0.05) is 25.4 Å². The molecule has 21 heavy (non-hydrogen) atoms. The van der Waals surface area contributed by atoms with E-state index in [-0.39, 0.29) is 28.9 Å². The minimum absolute atomic E-state index is 0.136. The molecule has 2 N–H and O–H groups in total. The Balaban J connectivity index is 2.34. The average molecular weight is 312 g/mol. The number of halogens is 1. The van der Waals surface area contributed by atoms with E-state index in [0.29, 0.717) is 11.4 Å². The highest BCUT2D eigenvalue weighted by Gasteiger charge is 2.29. The molecule has 0 radical (unpaired) electrons. The van der Waals surface area contributed by atoms with E-state index in [4.69, 9.17) is 21.4 Å². The molecule has 1 aromatic carbocycles. The summed E-state index contributed by atoms with van der Waals surface area (Å²) in [5.41, 5.74) is 0.582. The van der Waals surface area contributed by atoms with Crippen molar-refractivity contribution in [2.24, 2.45) is 11.8 Å². The SMILES string of the molecule is CC(C(=O)O)C(C)C(=O)c1cc2c(cc1Cl)NC(=O)CO2. The minimum atomic E-state index is -1.05. The van der Waals surface area contributed by atoms with Crippen LogP contribution in [-0.2, 0) is 9.59 Å². The van der Waals surface area contributed by atoms with Crippen LogP contribution in [0.5, 0.6) is 5.75 Å². The first kappa shape index (κ1) is 15.3. The zero-order valence-corrected chi connectivity index (χ0v) is 12.2. The first-order chi connectivity index (χ1) is 9.81. The van der Waals surface area contributed by atoms with Gasteiger partial charge in [-0.3, -0.25) is 14.4 Å². The summed E-state index contributed by atoms with van der Waals surface area (Å²) in [5, 5.41) is 11.7. The van der Waals surface area contributed by atoms with Gasteiger partial charge in [-0.2, -0.15) is 0 Å². The monoisotopic (exact) mass is 311 g/mol. The molecular weight excluding hydrogens is 298 g/mol. The number of nitrogens with one attached hydrogen (secondary N) is 1. The zero-order valence-electron chi connectivity index (χ0n) is 11.5. The first-order valence-corrected chi connectivity index (χ1v) is 6.72. The third kappa shape index (κ3) is 3.00. The quantitative estimate of drug-likeness (QED) is 0.832. The number of carboxylic acids is 1. The minimum Gasteiger partial charge on any atom is -0.482 e. The molecular formula is C14H14ClNO5. The number of carbonyl (C=O) groups excluding carboxylic acids is 2. The number of rotatable bonds is 4. The highest BCUT2D eigenvalue weighted by Crippen LogP contribution is 2.35. The summed E-state index contributed by atoms with van der Waals surface area (Å²) in [6.45, 7) is 2.87. The Hall–Kier alpha value is -2.08. The van der Waals surface area contributed by atoms with E-state index >= 15 is 0 Å². The molecule has 2 rings (SSSR count). The van der Waals surface area contributed by atoms with Crippen LogP contribution in [0.25, 0.3) is 0 Å². The number of anilines is 1. The number of carboxylic acid groups (broad SMARTS) is 1. The van der Waals surface area contributed by atoms with Crippen molar-refractivity contribution >= 4 is 34.9 Å². The van der Waals surface area contributed by atoms with Gasteiger partial charge in [0.05, 0.1) is 16.6 Å². The highest BCUT2D eigenvalue weighted by molar-refractivity contribution is 6.34. The van der Waals surface area contributed by atoms with E-state index in [1.165, 1.54) is 19.1 Å². The molecule has 0 spiro atoms. The predicted molar refractivity (Wildman–Crippen MR) is 75.9 cm³/mol. The predicted octanol–water partition coefficient (Wildman–Crippen LogP) is 2.21. The molecule has 1 aliphatic heterocycles. The third-order valence-corrected chi connectivity index (χ3v) is 3.83. The van der Waals surface area contributed by atoms with Gasteiger partial charge in [-0.15, -0.1) is 0 Å². The van der Waals surface area contributed by atoms with Gasteiger partial charge in [0.15, 0.2) is 12.4 Å². The van der Waals surface area contributed by atoms with Gasteiger partial charge in [0.25, 0.3) is 5.91 Å². The smallest absolute Gasteiger partial charge is 0.306 e. The largest absolute Gasteiger partial charge is 0.482 e. The Bertz CT molecular complexity index is 628. The molecule has 6 nitrogen and oxygen atoms in total. The van der Waals surface area contributed by atoms with Crippen LogP contribution in [-0.4, -0.2) is 29.4 Å². The Labute approximate surface area is 126 Å². The van der Waals surface area contributed by atoms with Crippen LogP contribution in [0.4, 0.5) is 5.69 Å². The van der Waals surface area contributed by atoms with Crippen LogP contribution >= 0.6 is 11.6 Å². The lowest BCUT2D eigenvalue weighted by Gasteiger charge is -2.21. The number of hydrogen-bond acceptors (Lipinski definition) is 4. The molecule has 0 fully saturated rings. The van der Waals surface area contributed by atoms with Crippen LogP contribution in [0.3, 0.4) is 0 Å². The van der Waals surface area contributed by atoms with E-state index in [9.17, 15) is 14.4 Å². The zero-order chi connectivity index (χ0) is 15.7. The Morgan fingerprint density at radius 2 is 2.00 bits per heavy atom. The van der Waals surface area contributed by atoms with Gasteiger partial charge >= 0.3 is 5.97 Å². The lowest BCUT2D eigenvalue weighted by atomic mass is 9.88. The topological polar surface area (TPSA) is 92.7 Å². The van der Waals surface area contributed by atoms with Crippen molar-refractivity contribution in [1.82, 2.24) is 0 Å². The number of ether oxygens (including phenoxy) is 1. The van der Waals surface area contributed by atoms with E-state index in [1.54, 1.807) is 6.92 Å². The number of benzene rings is 1. The second kappa shape index (κ2) is 5.73. The van der Waals surface area contributed by atoms with Gasteiger partial charge in [0, 0.05) is 11.5 Å². The van der Waals surface area contributed by atoms with E-state index in [2.05, 4.69) is 5.32 Å². The van der Waals surface area contributed by atoms with E-state index < -0.39 is 17.8 Å². The molecule has 1 heterocycles. The lowest BCUT2D eigenvalue weighted by molar-refractivity contribution is -0.142. The molecule has 1 aliphatic rings. The van der Waals surface area contributed by atoms with Gasteiger partial charge in [-0.25, -0.2) is 0 Å². The Kier molecular flexibility index (Phi) is 4.18. The fraction of sp³-hybridized carbons (Fsp3) is 0.357. The lowest BCUT2D eigenvalue weighted by Crippen LogP contribution is -2.27. The van der Waals surface area contributed by atoms with Gasteiger partial charge < -0.3 is 15.2 Å². The summed E-state index contributed by atoms with van der Waals surface area (Å²) < 4.78 is 5.23. The maximum Gasteiger partial charge on any atom is 0.306 e. The summed E-state index contributed by atoms with van der Waals surface area (Å²) in [7, 11) is 0. The van der Waals surface area contributed by atoms with Crippen LogP contribution in [0.1, 0.15) is 24.2 Å². The Morgan fingerprint density at radius 1 is 1.33 bits per heavy atom. The molecule has 0 bridgehead atoms. The van der Waals surface area contributed by atoms with Crippen molar-refractivity contribution in [1.29, 1.82) is 0 Å². The van der Waals surface area contributed by atoms with Crippen molar-refractivity contribution < 1.29 is 24.2 Å². The third-order valence-electron chi connectivity index (χ3n) is 3.52. The number of amides is 1. The molecule has 0 saturated heterocycles. The van der Waals surface area contributed by atoms with E-state index in [0.717, 1.165) is 0 Å². The van der Waals surface area contributed by atoms with Crippen molar-refractivity contribution in [3.63, 3.8) is 0 Å². The summed E-state index contributed by atoms with van der Waals surface area (Å²) in [6, 6.07) is 2.86.